The number of anilines is 1. The van der Waals surface area contributed by atoms with E-state index < -0.39 is 0 Å². The second-order valence-electron chi connectivity index (χ2n) is 7.33. The zero-order valence-electron chi connectivity index (χ0n) is 16.7. The fourth-order valence-corrected chi connectivity index (χ4v) is 4.65. The molecule has 3 aromatic heterocycles. The molecule has 1 fully saturated rings. The molecule has 0 radical (unpaired) electrons. The van der Waals surface area contributed by atoms with E-state index in [-0.39, 0.29) is 11.7 Å². The zero-order valence-corrected chi connectivity index (χ0v) is 18.4. The van der Waals surface area contributed by atoms with Gasteiger partial charge in [-0.15, -0.1) is 16.4 Å². The number of hydrogen-bond donors (Lipinski definition) is 1. The van der Waals surface area contributed by atoms with Crippen molar-refractivity contribution in [2.45, 2.75) is 36.9 Å². The van der Waals surface area contributed by atoms with Crippen LogP contribution < -0.4 is 5.32 Å². The first kappa shape index (κ1) is 20.0. The van der Waals surface area contributed by atoms with Gasteiger partial charge in [-0.25, -0.2) is 9.36 Å². The Bertz CT molecular complexity index is 1150. The number of carbonyl (C=O) groups is 1. The minimum Gasteiger partial charge on any atom is -0.310 e. The maximum absolute atomic E-state index is 12.7. The Hall–Kier alpha value is -2.98. The Balaban J connectivity index is 1.23. The third-order valence-electron chi connectivity index (χ3n) is 4.97. The average molecular weight is 452 g/mol. The molecule has 4 aromatic rings. The van der Waals surface area contributed by atoms with Gasteiger partial charge in [-0.1, -0.05) is 36.0 Å². The molecule has 1 N–H and O–H groups in total. The predicted octanol–water partition coefficient (Wildman–Crippen LogP) is 3.77. The molecule has 0 aliphatic heterocycles. The number of nitrogens with one attached hydrogen (secondary N) is 1. The summed E-state index contributed by atoms with van der Waals surface area (Å²) >= 11 is 3.05. The molecule has 31 heavy (non-hydrogen) atoms. The number of amides is 1. The van der Waals surface area contributed by atoms with Crippen LogP contribution in [0, 0.1) is 0 Å². The Morgan fingerprint density at radius 3 is 2.84 bits per heavy atom. The molecule has 1 saturated carbocycles. The summed E-state index contributed by atoms with van der Waals surface area (Å²) in [7, 11) is 0. The van der Waals surface area contributed by atoms with Gasteiger partial charge >= 0.3 is 0 Å². The van der Waals surface area contributed by atoms with Crippen molar-refractivity contribution in [1.29, 1.82) is 0 Å². The number of nitrogens with zero attached hydrogens (tertiary/aromatic N) is 6. The standard InChI is InChI=1S/C21H21N7OS2/c29-20(14-31-21-23-25-26-27(21)11-10-17-7-4-12-30-17)22-19-13-18(15-8-9-15)24-28(19)16-5-2-1-3-6-16/h1-7,12-13,15H,8-11,14H2,(H,22,29). The van der Waals surface area contributed by atoms with E-state index in [1.54, 1.807) is 20.7 Å². The normalized spacial score (nSPS) is 13.4. The first-order valence-electron chi connectivity index (χ1n) is 10.1. The van der Waals surface area contributed by atoms with Crippen LogP contribution in [-0.2, 0) is 17.8 Å². The quantitative estimate of drug-likeness (QED) is 0.390. The fourth-order valence-electron chi connectivity index (χ4n) is 3.25. The summed E-state index contributed by atoms with van der Waals surface area (Å²) in [5.74, 6) is 1.30. The van der Waals surface area contributed by atoms with Crippen LogP contribution in [0.3, 0.4) is 0 Å². The largest absolute Gasteiger partial charge is 0.310 e. The van der Waals surface area contributed by atoms with Gasteiger partial charge in [0.15, 0.2) is 0 Å². The molecule has 0 bridgehead atoms. The van der Waals surface area contributed by atoms with E-state index in [9.17, 15) is 4.79 Å². The molecular formula is C21H21N7OS2. The van der Waals surface area contributed by atoms with Gasteiger partial charge in [0, 0.05) is 23.3 Å². The lowest BCUT2D eigenvalue weighted by Gasteiger charge is -2.08. The van der Waals surface area contributed by atoms with Crippen molar-refractivity contribution in [3.63, 3.8) is 0 Å². The molecule has 0 spiro atoms. The van der Waals surface area contributed by atoms with E-state index in [0.717, 1.165) is 30.6 Å². The molecule has 1 aromatic carbocycles. The highest BCUT2D eigenvalue weighted by molar-refractivity contribution is 7.99. The lowest BCUT2D eigenvalue weighted by Crippen LogP contribution is -2.17. The number of thiophene rings is 1. The Morgan fingerprint density at radius 1 is 1.19 bits per heavy atom. The van der Waals surface area contributed by atoms with Crippen molar-refractivity contribution in [3.05, 3.63) is 64.5 Å². The number of para-hydroxylation sites is 1. The molecule has 1 amide bonds. The molecule has 0 unspecified atom stereocenters. The first-order valence-corrected chi connectivity index (χ1v) is 12.0. The van der Waals surface area contributed by atoms with Crippen LogP contribution in [0.2, 0.25) is 0 Å². The number of rotatable bonds is 9. The smallest absolute Gasteiger partial charge is 0.236 e. The van der Waals surface area contributed by atoms with Crippen LogP contribution in [0.25, 0.3) is 5.69 Å². The molecule has 0 atom stereocenters. The van der Waals surface area contributed by atoms with Crippen LogP contribution in [0.1, 0.15) is 29.3 Å². The molecule has 8 nitrogen and oxygen atoms in total. The topological polar surface area (TPSA) is 90.5 Å². The second-order valence-corrected chi connectivity index (χ2v) is 9.30. The zero-order chi connectivity index (χ0) is 21.0. The van der Waals surface area contributed by atoms with E-state index >= 15 is 0 Å². The number of aromatic nitrogens is 6. The summed E-state index contributed by atoms with van der Waals surface area (Å²) in [6, 6.07) is 16.0. The number of hydrogen-bond acceptors (Lipinski definition) is 7. The third-order valence-corrected chi connectivity index (χ3v) is 6.87. The van der Waals surface area contributed by atoms with Gasteiger partial charge in [0.2, 0.25) is 11.1 Å². The summed E-state index contributed by atoms with van der Waals surface area (Å²) < 4.78 is 3.55. The van der Waals surface area contributed by atoms with Gasteiger partial charge in [-0.2, -0.15) is 5.10 Å². The van der Waals surface area contributed by atoms with Gasteiger partial charge in [-0.3, -0.25) is 4.79 Å². The Morgan fingerprint density at radius 2 is 2.06 bits per heavy atom. The van der Waals surface area contributed by atoms with E-state index in [1.807, 2.05) is 42.5 Å². The van der Waals surface area contributed by atoms with Crippen molar-refractivity contribution in [3.8, 4) is 5.69 Å². The molecule has 3 heterocycles. The monoisotopic (exact) mass is 451 g/mol. The molecule has 10 heteroatoms. The van der Waals surface area contributed by atoms with E-state index in [4.69, 9.17) is 5.10 Å². The predicted molar refractivity (Wildman–Crippen MR) is 121 cm³/mol. The van der Waals surface area contributed by atoms with E-state index in [2.05, 4.69) is 32.3 Å². The lowest BCUT2D eigenvalue weighted by molar-refractivity contribution is -0.113. The van der Waals surface area contributed by atoms with Gasteiger partial charge < -0.3 is 5.32 Å². The van der Waals surface area contributed by atoms with Crippen LogP contribution >= 0.6 is 23.1 Å². The molecule has 158 valence electrons. The highest BCUT2D eigenvalue weighted by Crippen LogP contribution is 2.40. The van der Waals surface area contributed by atoms with Crippen LogP contribution in [0.5, 0.6) is 0 Å². The van der Waals surface area contributed by atoms with Gasteiger partial charge in [0.05, 0.1) is 23.7 Å². The Labute approximate surface area is 187 Å². The van der Waals surface area contributed by atoms with Crippen LogP contribution in [0.15, 0.2) is 59.1 Å². The van der Waals surface area contributed by atoms with Crippen molar-refractivity contribution >= 4 is 34.8 Å². The molecule has 1 aliphatic carbocycles. The maximum Gasteiger partial charge on any atom is 0.236 e. The van der Waals surface area contributed by atoms with Gasteiger partial charge in [0.1, 0.15) is 5.82 Å². The van der Waals surface area contributed by atoms with Crippen molar-refractivity contribution < 1.29 is 4.79 Å². The maximum atomic E-state index is 12.7. The summed E-state index contributed by atoms with van der Waals surface area (Å²) in [4.78, 5) is 14.0. The van der Waals surface area contributed by atoms with Gasteiger partial charge in [-0.05, 0) is 46.8 Å². The number of thioether (sulfide) groups is 1. The SMILES string of the molecule is O=C(CSc1nnnn1CCc1cccs1)Nc1cc(C2CC2)nn1-c1ccccc1. The average Bonchev–Trinajstić information content (AvgIpc) is 3.17. The van der Waals surface area contributed by atoms with Crippen molar-refractivity contribution in [1.82, 2.24) is 30.0 Å². The van der Waals surface area contributed by atoms with Crippen molar-refractivity contribution in [2.24, 2.45) is 0 Å². The number of tetrazole rings is 1. The van der Waals surface area contributed by atoms with E-state index in [1.165, 1.54) is 16.6 Å². The summed E-state index contributed by atoms with van der Waals surface area (Å²) in [5.41, 5.74) is 1.96. The van der Waals surface area contributed by atoms with Crippen LogP contribution in [0.4, 0.5) is 5.82 Å². The molecule has 1 aliphatic rings. The molecule has 0 saturated heterocycles. The third kappa shape index (κ3) is 4.86. The molecule has 5 rings (SSSR count). The van der Waals surface area contributed by atoms with E-state index in [0.29, 0.717) is 23.4 Å². The second kappa shape index (κ2) is 9.03. The highest BCUT2D eigenvalue weighted by Gasteiger charge is 2.28. The Kier molecular flexibility index (Phi) is 5.81. The lowest BCUT2D eigenvalue weighted by atomic mass is 10.3. The number of aryl methyl sites for hydroxylation is 2. The number of benzene rings is 1. The minimum atomic E-state index is -0.114. The highest BCUT2D eigenvalue weighted by atomic mass is 32.2. The fraction of sp³-hybridized carbons (Fsp3) is 0.286. The number of carbonyl (C=O) groups excluding carboxylic acids is 1. The summed E-state index contributed by atoms with van der Waals surface area (Å²) in [6.07, 6.45) is 3.18. The molecular weight excluding hydrogens is 430 g/mol. The minimum absolute atomic E-state index is 0.114. The van der Waals surface area contributed by atoms with Crippen molar-refractivity contribution in [2.75, 3.05) is 11.1 Å². The summed E-state index contributed by atoms with van der Waals surface area (Å²) in [5, 5.41) is 22.3. The first-order chi connectivity index (χ1) is 15.3. The summed E-state index contributed by atoms with van der Waals surface area (Å²) in [6.45, 7) is 0.684. The van der Waals surface area contributed by atoms with Crippen LogP contribution in [-0.4, -0.2) is 41.6 Å². The van der Waals surface area contributed by atoms with Gasteiger partial charge in [0.25, 0.3) is 0 Å².